The molecule has 0 saturated carbocycles. The maximum absolute atomic E-state index is 10.1. The Hall–Kier alpha value is -0.120. The third-order valence-corrected chi connectivity index (χ3v) is 4.15. The number of β-amino-alcohol motifs (C(OH)–C–C–N with tert-alkyl or cyclic N) is 1. The number of nitrogens with one attached hydrogen (secondary N) is 1. The van der Waals surface area contributed by atoms with Crippen molar-refractivity contribution >= 4 is 0 Å². The Morgan fingerprint density at radius 3 is 2.47 bits per heavy atom. The van der Waals surface area contributed by atoms with Gasteiger partial charge in [-0.1, -0.05) is 13.8 Å². The van der Waals surface area contributed by atoms with Gasteiger partial charge in [-0.25, -0.2) is 0 Å². The average Bonchev–Trinajstić information content (AvgIpc) is 2.51. The van der Waals surface area contributed by atoms with Gasteiger partial charge in [0.25, 0.3) is 0 Å². The number of aliphatic hydroxyl groups excluding tert-OH is 1. The molecule has 1 rings (SSSR count). The van der Waals surface area contributed by atoms with Gasteiger partial charge in [0.2, 0.25) is 0 Å². The van der Waals surface area contributed by atoms with Crippen LogP contribution >= 0.6 is 0 Å². The molecular weight excluding hydrogens is 236 g/mol. The van der Waals surface area contributed by atoms with Crippen molar-refractivity contribution in [3.63, 3.8) is 0 Å². The number of hydrogen-bond donors (Lipinski definition) is 2. The largest absolute Gasteiger partial charge is 0.390 e. The van der Waals surface area contributed by atoms with Crippen LogP contribution in [0.2, 0.25) is 0 Å². The summed E-state index contributed by atoms with van der Waals surface area (Å²) in [6.45, 7) is 14.9. The molecule has 2 atom stereocenters. The second kappa shape index (κ2) is 7.61. The summed E-state index contributed by atoms with van der Waals surface area (Å²) >= 11 is 0. The summed E-state index contributed by atoms with van der Waals surface area (Å²) in [5.74, 6) is 1.67. The molecule has 3 nitrogen and oxygen atoms in total. The summed E-state index contributed by atoms with van der Waals surface area (Å²) in [4.78, 5) is 2.44. The zero-order valence-electron chi connectivity index (χ0n) is 13.6. The lowest BCUT2D eigenvalue weighted by Crippen LogP contribution is -2.45. The molecule has 0 bridgehead atoms. The molecule has 1 saturated heterocycles. The van der Waals surface area contributed by atoms with Gasteiger partial charge in [-0.05, 0) is 65.0 Å². The van der Waals surface area contributed by atoms with E-state index in [9.17, 15) is 5.11 Å². The van der Waals surface area contributed by atoms with Crippen molar-refractivity contribution < 1.29 is 5.11 Å². The molecule has 0 aromatic heterocycles. The SMILES string of the molecule is CC(C)C1CCCN(CC(O)CNC(C)(C)C)CC1. The van der Waals surface area contributed by atoms with Gasteiger partial charge in [-0.2, -0.15) is 0 Å². The van der Waals surface area contributed by atoms with E-state index >= 15 is 0 Å². The lowest BCUT2D eigenvalue weighted by atomic mass is 9.89. The van der Waals surface area contributed by atoms with Gasteiger partial charge in [0.15, 0.2) is 0 Å². The van der Waals surface area contributed by atoms with Crippen LogP contribution in [0.4, 0.5) is 0 Å². The molecule has 3 heteroatoms. The van der Waals surface area contributed by atoms with Crippen molar-refractivity contribution in [2.45, 2.75) is 65.5 Å². The smallest absolute Gasteiger partial charge is 0.0791 e. The first-order valence-electron chi connectivity index (χ1n) is 7.93. The van der Waals surface area contributed by atoms with Crippen LogP contribution in [-0.4, -0.2) is 47.8 Å². The first-order valence-corrected chi connectivity index (χ1v) is 7.93. The molecule has 1 aliphatic heterocycles. The minimum atomic E-state index is -0.255. The highest BCUT2D eigenvalue weighted by molar-refractivity contribution is 4.77. The van der Waals surface area contributed by atoms with Crippen molar-refractivity contribution in [1.29, 1.82) is 0 Å². The van der Waals surface area contributed by atoms with Gasteiger partial charge < -0.3 is 15.3 Å². The molecular formula is C16H34N2O. The highest BCUT2D eigenvalue weighted by atomic mass is 16.3. The molecule has 0 aromatic rings. The monoisotopic (exact) mass is 270 g/mol. The molecule has 0 radical (unpaired) electrons. The Balaban J connectivity index is 2.29. The van der Waals surface area contributed by atoms with Gasteiger partial charge in [0, 0.05) is 18.6 Å². The van der Waals surface area contributed by atoms with Gasteiger partial charge in [-0.3, -0.25) is 0 Å². The van der Waals surface area contributed by atoms with Crippen LogP contribution in [0, 0.1) is 11.8 Å². The molecule has 0 aliphatic carbocycles. The van der Waals surface area contributed by atoms with Crippen LogP contribution in [-0.2, 0) is 0 Å². The first kappa shape index (κ1) is 16.9. The van der Waals surface area contributed by atoms with Crippen LogP contribution in [0.5, 0.6) is 0 Å². The van der Waals surface area contributed by atoms with Crippen molar-refractivity contribution in [2.24, 2.45) is 11.8 Å². The fraction of sp³-hybridized carbons (Fsp3) is 1.00. The molecule has 0 spiro atoms. The zero-order chi connectivity index (χ0) is 14.5. The Morgan fingerprint density at radius 2 is 1.89 bits per heavy atom. The number of likely N-dealkylation sites (tertiary alicyclic amines) is 1. The molecule has 0 amide bonds. The Kier molecular flexibility index (Phi) is 6.78. The van der Waals surface area contributed by atoms with E-state index in [1.54, 1.807) is 0 Å². The molecule has 19 heavy (non-hydrogen) atoms. The van der Waals surface area contributed by atoms with Crippen molar-refractivity contribution in [3.05, 3.63) is 0 Å². The standard InChI is InChI=1S/C16H34N2O/c1-13(2)14-7-6-9-18(10-8-14)12-15(19)11-17-16(3,4)5/h13-15,17,19H,6-12H2,1-5H3. The van der Waals surface area contributed by atoms with Crippen LogP contribution in [0.1, 0.15) is 53.9 Å². The van der Waals surface area contributed by atoms with Crippen LogP contribution < -0.4 is 5.32 Å². The summed E-state index contributed by atoms with van der Waals surface area (Å²) in [6.07, 6.45) is 3.67. The second-order valence-electron chi connectivity index (χ2n) is 7.52. The summed E-state index contributed by atoms with van der Waals surface area (Å²) in [6, 6.07) is 0. The fourth-order valence-corrected chi connectivity index (χ4v) is 2.82. The summed E-state index contributed by atoms with van der Waals surface area (Å²) in [7, 11) is 0. The highest BCUT2D eigenvalue weighted by Crippen LogP contribution is 2.24. The highest BCUT2D eigenvalue weighted by Gasteiger charge is 2.21. The molecule has 1 heterocycles. The minimum Gasteiger partial charge on any atom is -0.390 e. The van der Waals surface area contributed by atoms with Crippen molar-refractivity contribution in [2.75, 3.05) is 26.2 Å². The Bertz CT molecular complexity index is 248. The Labute approximate surface area is 119 Å². The quantitative estimate of drug-likeness (QED) is 0.806. The van der Waals surface area contributed by atoms with Gasteiger partial charge in [0.05, 0.1) is 6.10 Å². The average molecular weight is 270 g/mol. The van der Waals surface area contributed by atoms with Crippen molar-refractivity contribution in [3.8, 4) is 0 Å². The minimum absolute atomic E-state index is 0.0858. The molecule has 1 fully saturated rings. The third kappa shape index (κ3) is 7.28. The third-order valence-electron chi connectivity index (χ3n) is 4.15. The van der Waals surface area contributed by atoms with Crippen LogP contribution in [0.25, 0.3) is 0 Å². The van der Waals surface area contributed by atoms with E-state index in [0.717, 1.165) is 31.5 Å². The predicted octanol–water partition coefficient (Wildman–Crippen LogP) is 2.49. The van der Waals surface area contributed by atoms with Gasteiger partial charge in [0.1, 0.15) is 0 Å². The summed E-state index contributed by atoms with van der Waals surface area (Å²) in [5.41, 5.74) is 0.0858. The maximum Gasteiger partial charge on any atom is 0.0791 e. The van der Waals surface area contributed by atoms with Crippen LogP contribution in [0.15, 0.2) is 0 Å². The van der Waals surface area contributed by atoms with Crippen LogP contribution in [0.3, 0.4) is 0 Å². The normalized spacial score (nSPS) is 24.5. The summed E-state index contributed by atoms with van der Waals surface area (Å²) < 4.78 is 0. The molecule has 2 unspecified atom stereocenters. The van der Waals surface area contributed by atoms with E-state index in [0.29, 0.717) is 6.54 Å². The van der Waals surface area contributed by atoms with Crippen molar-refractivity contribution in [1.82, 2.24) is 10.2 Å². The van der Waals surface area contributed by atoms with Gasteiger partial charge >= 0.3 is 0 Å². The lowest BCUT2D eigenvalue weighted by molar-refractivity contribution is 0.106. The lowest BCUT2D eigenvalue weighted by Gasteiger charge is -2.27. The number of aliphatic hydroxyl groups is 1. The topological polar surface area (TPSA) is 35.5 Å². The number of rotatable bonds is 5. The number of hydrogen-bond acceptors (Lipinski definition) is 3. The molecule has 0 aromatic carbocycles. The predicted molar refractivity (Wildman–Crippen MR) is 82.4 cm³/mol. The van der Waals surface area contributed by atoms with E-state index in [4.69, 9.17) is 0 Å². The number of nitrogens with zero attached hydrogens (tertiary/aromatic N) is 1. The van der Waals surface area contributed by atoms with E-state index < -0.39 is 0 Å². The zero-order valence-corrected chi connectivity index (χ0v) is 13.6. The summed E-state index contributed by atoms with van der Waals surface area (Å²) in [5, 5.41) is 13.5. The molecule has 114 valence electrons. The van der Waals surface area contributed by atoms with Gasteiger partial charge in [-0.15, -0.1) is 0 Å². The molecule has 2 N–H and O–H groups in total. The van der Waals surface area contributed by atoms with E-state index in [-0.39, 0.29) is 11.6 Å². The fourth-order valence-electron chi connectivity index (χ4n) is 2.82. The maximum atomic E-state index is 10.1. The second-order valence-corrected chi connectivity index (χ2v) is 7.52. The van der Waals surface area contributed by atoms with E-state index in [1.165, 1.54) is 19.3 Å². The van der Waals surface area contributed by atoms with E-state index in [1.807, 2.05) is 0 Å². The molecule has 1 aliphatic rings. The Morgan fingerprint density at radius 1 is 1.21 bits per heavy atom. The first-order chi connectivity index (χ1) is 8.78. The van der Waals surface area contributed by atoms with E-state index in [2.05, 4.69) is 44.8 Å².